The Bertz CT molecular complexity index is 1440. The molecular formula is C26H27BN4O6S. The number of thiophene rings is 1. The van der Waals surface area contributed by atoms with Gasteiger partial charge in [-0.1, -0.05) is 12.2 Å². The third-order valence-corrected chi connectivity index (χ3v) is 7.27. The highest BCUT2D eigenvalue weighted by atomic mass is 32.1. The lowest BCUT2D eigenvalue weighted by molar-refractivity contribution is -0.247. The maximum absolute atomic E-state index is 13.9. The van der Waals surface area contributed by atoms with Gasteiger partial charge in [-0.05, 0) is 31.4 Å². The molecule has 1 aromatic carbocycles. The Morgan fingerprint density at radius 1 is 1.39 bits per heavy atom. The molecule has 196 valence electrons. The molecule has 38 heavy (non-hydrogen) atoms. The summed E-state index contributed by atoms with van der Waals surface area (Å²) in [4.78, 5) is 14.7. The second kappa shape index (κ2) is 9.62. The highest BCUT2D eigenvalue weighted by molar-refractivity contribution is 7.08. The normalized spacial score (nSPS) is 16.4. The summed E-state index contributed by atoms with van der Waals surface area (Å²) in [6, 6.07) is 5.53. The number of hydrogen-bond donors (Lipinski definition) is 3. The SMILES string of the molecule is [B]C(O)(O)N(C(=O)c1nn(-c2ccsc2)c2c1COc1cc(OC)c(C(/C=C\C)=C/N)cc1-2)C1(C)COC1. The van der Waals surface area contributed by atoms with E-state index < -0.39 is 17.3 Å². The number of amides is 1. The third-order valence-electron chi connectivity index (χ3n) is 6.60. The molecule has 1 amide bonds. The Morgan fingerprint density at radius 3 is 2.71 bits per heavy atom. The van der Waals surface area contributed by atoms with Gasteiger partial charge in [-0.3, -0.25) is 9.69 Å². The molecule has 0 bridgehead atoms. The van der Waals surface area contributed by atoms with Gasteiger partial charge in [-0.25, -0.2) is 4.68 Å². The fraction of sp³-hybridized carbons (Fsp3) is 0.308. The lowest BCUT2D eigenvalue weighted by atomic mass is 9.89. The van der Waals surface area contributed by atoms with E-state index in [-0.39, 0.29) is 25.5 Å². The van der Waals surface area contributed by atoms with Crippen LogP contribution in [-0.4, -0.2) is 70.3 Å². The summed E-state index contributed by atoms with van der Waals surface area (Å²) in [5.41, 5.74) is 8.85. The van der Waals surface area contributed by atoms with Crippen LogP contribution in [0.4, 0.5) is 0 Å². The third kappa shape index (κ3) is 4.19. The number of ether oxygens (including phenoxy) is 3. The number of aliphatic hydroxyl groups is 2. The topological polar surface area (TPSA) is 132 Å². The van der Waals surface area contributed by atoms with Crippen LogP contribution in [-0.2, 0) is 11.3 Å². The van der Waals surface area contributed by atoms with Crippen LogP contribution < -0.4 is 15.2 Å². The Balaban J connectivity index is 1.74. The van der Waals surface area contributed by atoms with Gasteiger partial charge in [0.1, 0.15) is 18.1 Å². The number of fused-ring (bicyclic) bond motifs is 3. The highest BCUT2D eigenvalue weighted by Crippen LogP contribution is 2.45. The molecule has 0 saturated carbocycles. The second-order valence-electron chi connectivity index (χ2n) is 9.35. The second-order valence-corrected chi connectivity index (χ2v) is 10.1. The van der Waals surface area contributed by atoms with Gasteiger partial charge in [0.2, 0.25) is 0 Å². The highest BCUT2D eigenvalue weighted by Gasteiger charge is 2.50. The van der Waals surface area contributed by atoms with E-state index >= 15 is 0 Å². The fourth-order valence-electron chi connectivity index (χ4n) is 4.85. The van der Waals surface area contributed by atoms with Gasteiger partial charge in [0.25, 0.3) is 5.91 Å². The van der Waals surface area contributed by atoms with Crippen molar-refractivity contribution in [3.05, 3.63) is 64.1 Å². The number of allylic oxidation sites excluding steroid dienone is 3. The van der Waals surface area contributed by atoms with Crippen LogP contribution in [0.25, 0.3) is 22.5 Å². The number of hydrogen-bond acceptors (Lipinski definition) is 9. The number of carbonyl (C=O) groups excluding carboxylic acids is 1. The number of nitrogens with two attached hydrogens (primary N) is 1. The molecule has 5 rings (SSSR count). The average molecular weight is 534 g/mol. The summed E-state index contributed by atoms with van der Waals surface area (Å²) in [5.74, 6) is -2.59. The van der Waals surface area contributed by atoms with Crippen LogP contribution in [0.5, 0.6) is 11.5 Å². The van der Waals surface area contributed by atoms with Gasteiger partial charge in [0.05, 0.1) is 37.2 Å². The van der Waals surface area contributed by atoms with Crippen molar-refractivity contribution in [2.24, 2.45) is 5.73 Å². The molecular weight excluding hydrogens is 507 g/mol. The Hall–Kier alpha value is -3.58. The minimum atomic E-state index is -2.93. The van der Waals surface area contributed by atoms with E-state index in [1.807, 2.05) is 42.0 Å². The molecule has 1 fully saturated rings. The molecule has 4 heterocycles. The number of nitrogens with zero attached hydrogens (tertiary/aromatic N) is 3. The molecule has 0 atom stereocenters. The van der Waals surface area contributed by atoms with E-state index in [2.05, 4.69) is 5.10 Å². The van der Waals surface area contributed by atoms with E-state index in [4.69, 9.17) is 27.8 Å². The quantitative estimate of drug-likeness (QED) is 0.239. The van der Waals surface area contributed by atoms with Crippen LogP contribution in [0, 0.1) is 0 Å². The van der Waals surface area contributed by atoms with E-state index in [1.54, 1.807) is 24.8 Å². The first-order chi connectivity index (χ1) is 18.1. The summed E-state index contributed by atoms with van der Waals surface area (Å²) in [7, 11) is 7.22. The maximum Gasteiger partial charge on any atom is 0.278 e. The van der Waals surface area contributed by atoms with Crippen molar-refractivity contribution in [3.8, 4) is 28.4 Å². The molecule has 0 unspecified atom stereocenters. The van der Waals surface area contributed by atoms with E-state index in [0.717, 1.165) is 21.7 Å². The zero-order chi connectivity index (χ0) is 27.2. The molecule has 3 aromatic rings. The summed E-state index contributed by atoms with van der Waals surface area (Å²) in [6.07, 6.45) is 5.22. The molecule has 2 aliphatic rings. The minimum Gasteiger partial charge on any atom is -0.496 e. The largest absolute Gasteiger partial charge is 0.496 e. The molecule has 1 saturated heterocycles. The van der Waals surface area contributed by atoms with Crippen LogP contribution in [0.3, 0.4) is 0 Å². The number of aromatic nitrogens is 2. The summed E-state index contributed by atoms with van der Waals surface area (Å²) in [6.45, 7) is 3.75. The van der Waals surface area contributed by atoms with Crippen molar-refractivity contribution >= 4 is 30.7 Å². The molecule has 2 aliphatic heterocycles. The molecule has 0 spiro atoms. The average Bonchev–Trinajstić information content (AvgIpc) is 3.52. The number of rotatable bonds is 7. The van der Waals surface area contributed by atoms with Crippen molar-refractivity contribution in [1.82, 2.24) is 14.7 Å². The monoisotopic (exact) mass is 534 g/mol. The Morgan fingerprint density at radius 2 is 2.16 bits per heavy atom. The van der Waals surface area contributed by atoms with Crippen LogP contribution in [0.15, 0.2) is 47.3 Å². The molecule has 12 heteroatoms. The smallest absolute Gasteiger partial charge is 0.278 e. The van der Waals surface area contributed by atoms with Gasteiger partial charge >= 0.3 is 0 Å². The zero-order valence-corrected chi connectivity index (χ0v) is 22.0. The van der Waals surface area contributed by atoms with Gasteiger partial charge in [-0.2, -0.15) is 16.4 Å². The summed E-state index contributed by atoms with van der Waals surface area (Å²) in [5, 5.41) is 29.2. The lowest BCUT2D eigenvalue weighted by Crippen LogP contribution is -2.70. The Labute approximate surface area is 224 Å². The van der Waals surface area contributed by atoms with E-state index in [9.17, 15) is 15.0 Å². The standard InChI is InChI=1S/C26H27BN4O6S/c1-4-5-15(10-28)17-8-18-21(9-20(17)35-3)37-11-19-22(29-30(23(18)19)16-6-7-38-12-16)24(32)31(26(27,33)34)25(2)13-36-14-25/h4-10,12,33-34H,11,13-14,28H2,1-3H3/b5-4-,15-10+. The van der Waals surface area contributed by atoms with Crippen LogP contribution in [0.2, 0.25) is 0 Å². The van der Waals surface area contributed by atoms with E-state index in [0.29, 0.717) is 28.3 Å². The molecule has 10 nitrogen and oxygen atoms in total. The van der Waals surface area contributed by atoms with Crippen LogP contribution >= 0.6 is 11.3 Å². The summed E-state index contributed by atoms with van der Waals surface area (Å²) < 4.78 is 18.6. The zero-order valence-electron chi connectivity index (χ0n) is 21.2. The van der Waals surface area contributed by atoms with Gasteiger partial charge in [0, 0.05) is 39.9 Å². The molecule has 2 aromatic heterocycles. The Kier molecular flexibility index (Phi) is 6.60. The fourth-order valence-corrected chi connectivity index (χ4v) is 5.46. The summed E-state index contributed by atoms with van der Waals surface area (Å²) >= 11 is 1.48. The molecule has 2 radical (unpaired) electrons. The number of carbonyl (C=O) groups is 1. The van der Waals surface area contributed by atoms with Gasteiger partial charge in [0.15, 0.2) is 19.4 Å². The van der Waals surface area contributed by atoms with Crippen molar-refractivity contribution in [2.45, 2.75) is 31.8 Å². The number of methoxy groups -OCH3 is 1. The first kappa shape index (κ1) is 26.0. The van der Waals surface area contributed by atoms with E-state index in [1.165, 1.54) is 17.5 Å². The van der Waals surface area contributed by atoms with Crippen molar-refractivity contribution in [3.63, 3.8) is 0 Å². The van der Waals surface area contributed by atoms with Crippen molar-refractivity contribution in [1.29, 1.82) is 0 Å². The van der Waals surface area contributed by atoms with Crippen molar-refractivity contribution in [2.75, 3.05) is 20.3 Å². The predicted molar refractivity (Wildman–Crippen MR) is 143 cm³/mol. The minimum absolute atomic E-state index is 0.0108. The maximum atomic E-state index is 13.9. The lowest BCUT2D eigenvalue weighted by Gasteiger charge is -2.51. The van der Waals surface area contributed by atoms with Crippen LogP contribution in [0.1, 0.15) is 35.5 Å². The predicted octanol–water partition coefficient (Wildman–Crippen LogP) is 2.37. The first-order valence-electron chi connectivity index (χ1n) is 11.8. The van der Waals surface area contributed by atoms with Gasteiger partial charge < -0.3 is 30.2 Å². The first-order valence-corrected chi connectivity index (χ1v) is 12.8. The number of benzene rings is 1. The van der Waals surface area contributed by atoms with Crippen molar-refractivity contribution < 1.29 is 29.2 Å². The molecule has 4 N–H and O–H groups in total. The van der Waals surface area contributed by atoms with Gasteiger partial charge in [-0.15, -0.1) is 0 Å². The molecule has 0 aliphatic carbocycles.